The number of hydrogen-bond donors (Lipinski definition) is 2. The molecule has 8 nitrogen and oxygen atoms in total. The number of nitrogens with zero attached hydrogens (tertiary/aromatic N) is 3. The summed E-state index contributed by atoms with van der Waals surface area (Å²) in [5.41, 5.74) is 4.48. The molecule has 4 heterocycles. The number of nitrogens with one attached hydrogen (secondary N) is 2. The van der Waals surface area contributed by atoms with Crippen molar-refractivity contribution >= 4 is 58.0 Å². The number of carbonyl (C=O) groups is 3. The topological polar surface area (TPSA) is 94.6 Å². The molecule has 0 saturated carbocycles. The summed E-state index contributed by atoms with van der Waals surface area (Å²) in [6.07, 6.45) is 9.20. The van der Waals surface area contributed by atoms with Crippen molar-refractivity contribution in [3.63, 3.8) is 0 Å². The molecule has 2 aromatic heterocycles. The monoisotopic (exact) mass is 735 g/mol. The first-order valence-electron chi connectivity index (χ1n) is 17.3. The van der Waals surface area contributed by atoms with Gasteiger partial charge in [0, 0.05) is 52.9 Å². The quantitative estimate of drug-likeness (QED) is 0.141. The summed E-state index contributed by atoms with van der Waals surface area (Å²) in [7, 11) is 0. The molecule has 2 N–H and O–H groups in total. The van der Waals surface area contributed by atoms with Gasteiger partial charge in [0.15, 0.2) is 0 Å². The van der Waals surface area contributed by atoms with Gasteiger partial charge in [-0.3, -0.25) is 14.4 Å². The molecule has 2 aromatic carbocycles. The first kappa shape index (κ1) is 36.8. The van der Waals surface area contributed by atoms with Crippen molar-refractivity contribution in [3.05, 3.63) is 129 Å². The van der Waals surface area contributed by atoms with Crippen LogP contribution in [0.2, 0.25) is 0 Å². The molecule has 268 valence electrons. The Balaban J connectivity index is 1.18. The summed E-state index contributed by atoms with van der Waals surface area (Å²) in [4.78, 5) is 50.4. The fourth-order valence-corrected chi connectivity index (χ4v) is 8.57. The standard InChI is InChI=1S/C41H42FN5O3S2/c1-6-16-41(17-7-2)24-46(25-41)37-33(20-26(4)23-43-37)38(48)45-31-12-9-28(10-13-31)40(50)47-18-15-29-21-35(39(49)44-27(5)51-19-8-3)52-36(29)32-14-11-30(42)22-34(32)47/h6,8-14,19-23H,1,5,7,15-18,24-25H2,2-4H3,(H,44,49)(H,45,48)/b19-8-. The number of fused-ring (bicyclic) bond motifs is 3. The summed E-state index contributed by atoms with van der Waals surface area (Å²) in [5, 5.41) is 8.15. The van der Waals surface area contributed by atoms with E-state index in [-0.39, 0.29) is 29.7 Å². The van der Waals surface area contributed by atoms with Gasteiger partial charge in [0.25, 0.3) is 17.7 Å². The number of carbonyl (C=O) groups excluding carboxylic acids is 3. The van der Waals surface area contributed by atoms with Gasteiger partial charge >= 0.3 is 0 Å². The number of thioether (sulfide) groups is 1. The zero-order chi connectivity index (χ0) is 37.0. The molecule has 52 heavy (non-hydrogen) atoms. The van der Waals surface area contributed by atoms with Crippen LogP contribution in [0, 0.1) is 18.2 Å². The molecule has 3 amide bonds. The van der Waals surface area contributed by atoms with Gasteiger partial charge in [-0.15, -0.1) is 17.9 Å². The van der Waals surface area contributed by atoms with Crippen LogP contribution in [0.3, 0.4) is 0 Å². The number of rotatable bonds is 12. The largest absolute Gasteiger partial charge is 0.355 e. The van der Waals surface area contributed by atoms with E-state index in [0.717, 1.165) is 48.4 Å². The van der Waals surface area contributed by atoms with Crippen molar-refractivity contribution in [2.45, 2.75) is 46.5 Å². The van der Waals surface area contributed by atoms with E-state index in [0.29, 0.717) is 50.2 Å². The first-order valence-corrected chi connectivity index (χ1v) is 19.0. The van der Waals surface area contributed by atoms with E-state index in [1.54, 1.807) is 41.4 Å². The van der Waals surface area contributed by atoms with E-state index in [2.05, 4.69) is 40.6 Å². The molecule has 6 rings (SSSR count). The first-order chi connectivity index (χ1) is 25.0. The molecule has 0 atom stereocenters. The Morgan fingerprint density at radius 1 is 1.10 bits per heavy atom. The van der Waals surface area contributed by atoms with E-state index in [4.69, 9.17) is 0 Å². The fraction of sp³-hybridized carbons (Fsp3) is 0.268. The van der Waals surface area contributed by atoms with E-state index in [9.17, 15) is 18.8 Å². The van der Waals surface area contributed by atoms with Crippen LogP contribution in [0.4, 0.5) is 21.6 Å². The van der Waals surface area contributed by atoms with Gasteiger partial charge in [-0.2, -0.15) is 0 Å². The molecule has 2 aliphatic heterocycles. The predicted octanol–water partition coefficient (Wildman–Crippen LogP) is 9.36. The summed E-state index contributed by atoms with van der Waals surface area (Å²) >= 11 is 2.63. The number of aryl methyl sites for hydroxylation is 1. The third-order valence-electron chi connectivity index (χ3n) is 9.32. The van der Waals surface area contributed by atoms with Crippen molar-refractivity contribution in [3.8, 4) is 10.4 Å². The minimum absolute atomic E-state index is 0.158. The molecule has 0 radical (unpaired) electrons. The van der Waals surface area contributed by atoms with Gasteiger partial charge in [-0.1, -0.05) is 43.8 Å². The number of amides is 3. The number of benzene rings is 2. The molecule has 0 bridgehead atoms. The molecule has 0 unspecified atom stereocenters. The normalized spacial score (nSPS) is 14.5. The summed E-state index contributed by atoms with van der Waals surface area (Å²) < 4.78 is 14.7. The van der Waals surface area contributed by atoms with Gasteiger partial charge in [-0.25, -0.2) is 9.37 Å². The van der Waals surface area contributed by atoms with Crippen LogP contribution in [0.1, 0.15) is 74.6 Å². The third kappa shape index (κ3) is 7.75. The molecule has 0 spiro atoms. The maximum absolute atomic E-state index is 14.7. The lowest BCUT2D eigenvalue weighted by molar-refractivity contribution is 0.0968. The molecular formula is C41H42FN5O3S2. The molecular weight excluding hydrogens is 694 g/mol. The van der Waals surface area contributed by atoms with Crippen molar-refractivity contribution in [2.24, 2.45) is 5.41 Å². The van der Waals surface area contributed by atoms with Crippen LogP contribution < -0.4 is 20.4 Å². The van der Waals surface area contributed by atoms with Gasteiger partial charge < -0.3 is 20.4 Å². The molecule has 1 fully saturated rings. The maximum Gasteiger partial charge on any atom is 0.266 e. The fourth-order valence-electron chi connectivity index (χ4n) is 6.98. The zero-order valence-electron chi connectivity index (χ0n) is 29.6. The van der Waals surface area contributed by atoms with Crippen molar-refractivity contribution in [1.82, 2.24) is 10.3 Å². The van der Waals surface area contributed by atoms with E-state index in [1.807, 2.05) is 43.5 Å². The van der Waals surface area contributed by atoms with Crippen LogP contribution >= 0.6 is 23.1 Å². The van der Waals surface area contributed by atoms with Crippen LogP contribution in [-0.2, 0) is 6.42 Å². The number of pyridine rings is 1. The van der Waals surface area contributed by atoms with Crippen LogP contribution in [0.15, 0.2) is 96.5 Å². The number of hydrogen-bond acceptors (Lipinski definition) is 7. The Kier molecular flexibility index (Phi) is 11.1. The molecule has 2 aliphatic rings. The molecule has 4 aromatic rings. The van der Waals surface area contributed by atoms with E-state index < -0.39 is 5.82 Å². The highest BCUT2D eigenvalue weighted by atomic mass is 32.2. The van der Waals surface area contributed by atoms with Crippen LogP contribution in [0.5, 0.6) is 0 Å². The average molecular weight is 736 g/mol. The zero-order valence-corrected chi connectivity index (χ0v) is 31.3. The average Bonchev–Trinajstić information content (AvgIpc) is 3.48. The highest BCUT2D eigenvalue weighted by Crippen LogP contribution is 2.43. The number of thiophene rings is 1. The SMILES string of the molecule is C=CCC1(CCC)CN(c2ncc(C)cc2C(=O)Nc2ccc(C(=O)N3CCc4cc(C(=O)NC(=C)S/C=C\C)sc4-c4ccc(F)cc43)cc2)C1. The maximum atomic E-state index is 14.7. The number of halogens is 1. The second kappa shape index (κ2) is 15.7. The Hall–Kier alpha value is -5.00. The lowest BCUT2D eigenvalue weighted by Crippen LogP contribution is -2.57. The van der Waals surface area contributed by atoms with Crippen LogP contribution in [-0.4, -0.2) is 42.3 Å². The Labute approximate surface area is 312 Å². The molecule has 0 aliphatic carbocycles. The summed E-state index contributed by atoms with van der Waals surface area (Å²) in [5.74, 6) is -0.651. The minimum atomic E-state index is -0.468. The predicted molar refractivity (Wildman–Crippen MR) is 212 cm³/mol. The second-order valence-electron chi connectivity index (χ2n) is 13.3. The Morgan fingerprint density at radius 2 is 1.87 bits per heavy atom. The van der Waals surface area contributed by atoms with E-state index in [1.165, 1.54) is 35.2 Å². The lowest BCUT2D eigenvalue weighted by Gasteiger charge is -2.51. The van der Waals surface area contributed by atoms with E-state index >= 15 is 0 Å². The highest BCUT2D eigenvalue weighted by molar-refractivity contribution is 8.05. The van der Waals surface area contributed by atoms with Crippen molar-refractivity contribution < 1.29 is 18.8 Å². The smallest absolute Gasteiger partial charge is 0.266 e. The van der Waals surface area contributed by atoms with Gasteiger partial charge in [0.1, 0.15) is 11.6 Å². The third-order valence-corrected chi connectivity index (χ3v) is 11.3. The van der Waals surface area contributed by atoms with Gasteiger partial charge in [0.05, 0.1) is 21.2 Å². The number of aromatic nitrogens is 1. The van der Waals surface area contributed by atoms with Crippen LogP contribution in [0.25, 0.3) is 10.4 Å². The second-order valence-corrected chi connectivity index (χ2v) is 15.4. The minimum Gasteiger partial charge on any atom is -0.355 e. The highest BCUT2D eigenvalue weighted by Gasteiger charge is 2.42. The summed E-state index contributed by atoms with van der Waals surface area (Å²) in [6.45, 7) is 15.8. The number of allylic oxidation sites excluding steroid dienone is 2. The van der Waals surface area contributed by atoms with Crippen molar-refractivity contribution in [1.29, 1.82) is 0 Å². The number of anilines is 3. The van der Waals surface area contributed by atoms with Gasteiger partial charge in [-0.05, 0) is 104 Å². The van der Waals surface area contributed by atoms with Gasteiger partial charge in [0.2, 0.25) is 0 Å². The molecule has 11 heteroatoms. The Morgan fingerprint density at radius 3 is 2.58 bits per heavy atom. The van der Waals surface area contributed by atoms with Crippen molar-refractivity contribution in [2.75, 3.05) is 34.8 Å². The lowest BCUT2D eigenvalue weighted by atomic mass is 9.73. The Bertz CT molecular complexity index is 2070. The molecule has 1 saturated heterocycles. The summed E-state index contributed by atoms with van der Waals surface area (Å²) in [6, 6.07) is 14.8.